The monoisotopic (exact) mass is 975 g/mol. The molecular formula is C63H122O6. The molecule has 0 saturated heterocycles. The van der Waals surface area contributed by atoms with Crippen molar-refractivity contribution in [1.29, 1.82) is 0 Å². The van der Waals surface area contributed by atoms with Crippen LogP contribution in [-0.4, -0.2) is 37.2 Å². The lowest BCUT2D eigenvalue weighted by molar-refractivity contribution is -0.167. The minimum Gasteiger partial charge on any atom is -0.462 e. The van der Waals surface area contributed by atoms with Gasteiger partial charge >= 0.3 is 17.9 Å². The Balaban J connectivity index is 4.22. The van der Waals surface area contributed by atoms with Gasteiger partial charge in [0.05, 0.1) is 0 Å². The summed E-state index contributed by atoms with van der Waals surface area (Å²) in [6.07, 6.45) is 58.2. The fourth-order valence-electron chi connectivity index (χ4n) is 9.71. The Bertz CT molecular complexity index is 1070. The first kappa shape index (κ1) is 67.4. The first-order valence-corrected chi connectivity index (χ1v) is 31.1. The molecule has 410 valence electrons. The Labute approximate surface area is 431 Å². The second-order valence-electron chi connectivity index (χ2n) is 23.1. The minimum atomic E-state index is -0.764. The zero-order valence-corrected chi connectivity index (χ0v) is 47.6. The average molecular weight is 976 g/mol. The Morgan fingerprint density at radius 1 is 0.246 bits per heavy atom. The fraction of sp³-hybridized carbons (Fsp3) is 0.952. The molecule has 0 aliphatic heterocycles. The van der Waals surface area contributed by atoms with E-state index in [0.29, 0.717) is 19.3 Å². The van der Waals surface area contributed by atoms with Gasteiger partial charge in [-0.2, -0.15) is 0 Å². The zero-order chi connectivity index (χ0) is 50.5. The Morgan fingerprint density at radius 2 is 0.420 bits per heavy atom. The SMILES string of the molecule is CC(C)CCCCCCCCCCCCCCCCCCCCC(=O)OC[C@H](COC(=O)CCCCCCCCCCCCCCCCCC(C)C)OC(=O)CCCCCCCCCCCC(C)C. The Hall–Kier alpha value is -1.59. The van der Waals surface area contributed by atoms with E-state index in [4.69, 9.17) is 14.2 Å². The van der Waals surface area contributed by atoms with E-state index in [1.807, 2.05) is 0 Å². The van der Waals surface area contributed by atoms with Crippen LogP contribution in [0.25, 0.3) is 0 Å². The molecule has 0 amide bonds. The lowest BCUT2D eigenvalue weighted by atomic mass is 10.0. The summed E-state index contributed by atoms with van der Waals surface area (Å²) in [4.78, 5) is 38.2. The maximum Gasteiger partial charge on any atom is 0.306 e. The molecule has 0 aliphatic carbocycles. The summed E-state index contributed by atoms with van der Waals surface area (Å²) in [6, 6.07) is 0. The van der Waals surface area contributed by atoms with Crippen LogP contribution in [0.15, 0.2) is 0 Å². The lowest BCUT2D eigenvalue weighted by Gasteiger charge is -2.18. The van der Waals surface area contributed by atoms with E-state index in [-0.39, 0.29) is 31.1 Å². The van der Waals surface area contributed by atoms with Crippen molar-refractivity contribution in [2.75, 3.05) is 13.2 Å². The van der Waals surface area contributed by atoms with Crippen molar-refractivity contribution in [3.63, 3.8) is 0 Å². The van der Waals surface area contributed by atoms with Crippen LogP contribution < -0.4 is 0 Å². The number of esters is 3. The molecule has 0 rings (SSSR count). The average Bonchev–Trinajstić information content (AvgIpc) is 3.31. The van der Waals surface area contributed by atoms with Gasteiger partial charge in [-0.1, -0.05) is 311 Å². The number of hydrogen-bond donors (Lipinski definition) is 0. The van der Waals surface area contributed by atoms with E-state index in [1.165, 1.54) is 231 Å². The van der Waals surface area contributed by atoms with Crippen LogP contribution in [0.1, 0.15) is 350 Å². The highest BCUT2D eigenvalue weighted by Crippen LogP contribution is 2.19. The summed E-state index contributed by atoms with van der Waals surface area (Å²) in [6.45, 7) is 13.8. The molecule has 0 aromatic carbocycles. The standard InChI is InChI=1S/C63H122O6/c1-57(2)49-43-37-31-25-20-16-12-9-7-8-10-14-18-22-28-34-40-46-52-61(64)67-55-60(69-63(66)54-48-42-36-30-24-27-33-39-45-51-59(5)6)56-68-62(65)53-47-41-35-29-23-19-15-11-13-17-21-26-32-38-44-50-58(3)4/h57-60H,7-56H2,1-6H3/t60-/m1/s1. The molecule has 0 spiro atoms. The molecule has 0 aromatic heterocycles. The number of hydrogen-bond acceptors (Lipinski definition) is 6. The van der Waals surface area contributed by atoms with Gasteiger partial charge in [0.25, 0.3) is 0 Å². The van der Waals surface area contributed by atoms with Crippen molar-refractivity contribution in [3.05, 3.63) is 0 Å². The highest BCUT2D eigenvalue weighted by atomic mass is 16.6. The van der Waals surface area contributed by atoms with Crippen molar-refractivity contribution in [1.82, 2.24) is 0 Å². The first-order valence-electron chi connectivity index (χ1n) is 31.1. The van der Waals surface area contributed by atoms with Crippen LogP contribution in [0.2, 0.25) is 0 Å². The third kappa shape index (κ3) is 57.2. The van der Waals surface area contributed by atoms with Crippen LogP contribution >= 0.6 is 0 Å². The first-order chi connectivity index (χ1) is 33.6. The van der Waals surface area contributed by atoms with Crippen molar-refractivity contribution >= 4 is 17.9 Å². The van der Waals surface area contributed by atoms with Crippen LogP contribution in [0.4, 0.5) is 0 Å². The Kier molecular flexibility index (Phi) is 52.9. The molecule has 0 unspecified atom stereocenters. The maximum absolute atomic E-state index is 12.8. The fourth-order valence-corrected chi connectivity index (χ4v) is 9.71. The predicted octanol–water partition coefficient (Wildman–Crippen LogP) is 20.7. The molecule has 0 N–H and O–H groups in total. The lowest BCUT2D eigenvalue weighted by Crippen LogP contribution is -2.30. The molecule has 0 fully saturated rings. The molecule has 0 bridgehead atoms. The summed E-state index contributed by atoms with van der Waals surface area (Å²) < 4.78 is 16.9. The van der Waals surface area contributed by atoms with Crippen LogP contribution in [0, 0.1) is 17.8 Å². The van der Waals surface area contributed by atoms with E-state index in [2.05, 4.69) is 41.5 Å². The largest absolute Gasteiger partial charge is 0.462 e. The highest BCUT2D eigenvalue weighted by molar-refractivity contribution is 5.71. The van der Waals surface area contributed by atoms with E-state index in [0.717, 1.165) is 75.5 Å². The number of unbranched alkanes of at least 4 members (excludes halogenated alkanes) is 39. The number of carbonyl (C=O) groups excluding carboxylic acids is 3. The smallest absolute Gasteiger partial charge is 0.306 e. The topological polar surface area (TPSA) is 78.9 Å². The highest BCUT2D eigenvalue weighted by Gasteiger charge is 2.19. The third-order valence-electron chi connectivity index (χ3n) is 14.4. The summed E-state index contributed by atoms with van der Waals surface area (Å²) in [5.41, 5.74) is 0. The van der Waals surface area contributed by atoms with Gasteiger partial charge in [0.2, 0.25) is 0 Å². The van der Waals surface area contributed by atoms with Crippen molar-refractivity contribution < 1.29 is 28.6 Å². The van der Waals surface area contributed by atoms with E-state index >= 15 is 0 Å². The molecule has 0 aromatic rings. The molecule has 0 aliphatic rings. The summed E-state index contributed by atoms with van der Waals surface area (Å²) in [7, 11) is 0. The maximum atomic E-state index is 12.8. The van der Waals surface area contributed by atoms with Crippen molar-refractivity contribution in [3.8, 4) is 0 Å². The van der Waals surface area contributed by atoms with E-state index < -0.39 is 6.10 Å². The van der Waals surface area contributed by atoms with Crippen LogP contribution in [0.3, 0.4) is 0 Å². The third-order valence-corrected chi connectivity index (χ3v) is 14.4. The molecule has 1 atom stereocenters. The molecule has 6 heteroatoms. The van der Waals surface area contributed by atoms with Gasteiger partial charge in [0.15, 0.2) is 6.10 Å². The van der Waals surface area contributed by atoms with Gasteiger partial charge < -0.3 is 14.2 Å². The van der Waals surface area contributed by atoms with Crippen LogP contribution in [0.5, 0.6) is 0 Å². The number of ether oxygens (including phenoxy) is 3. The molecule has 0 radical (unpaired) electrons. The second-order valence-corrected chi connectivity index (χ2v) is 23.1. The number of carbonyl (C=O) groups is 3. The van der Waals surface area contributed by atoms with Gasteiger partial charge in [0.1, 0.15) is 13.2 Å². The zero-order valence-electron chi connectivity index (χ0n) is 47.6. The molecule has 0 heterocycles. The second kappa shape index (κ2) is 54.2. The van der Waals surface area contributed by atoms with Gasteiger partial charge in [-0.15, -0.1) is 0 Å². The predicted molar refractivity (Wildman–Crippen MR) is 298 cm³/mol. The van der Waals surface area contributed by atoms with Crippen molar-refractivity contribution in [2.45, 2.75) is 356 Å². The van der Waals surface area contributed by atoms with E-state index in [9.17, 15) is 14.4 Å². The quantitative estimate of drug-likeness (QED) is 0.0343. The number of rotatable bonds is 56. The normalized spacial score (nSPS) is 12.1. The molecule has 6 nitrogen and oxygen atoms in total. The van der Waals surface area contributed by atoms with E-state index in [1.54, 1.807) is 0 Å². The summed E-state index contributed by atoms with van der Waals surface area (Å²) >= 11 is 0. The Morgan fingerprint density at radius 3 is 0.623 bits per heavy atom. The molecular weight excluding hydrogens is 853 g/mol. The molecule has 69 heavy (non-hydrogen) atoms. The minimum absolute atomic E-state index is 0.0632. The summed E-state index contributed by atoms with van der Waals surface area (Å²) in [5, 5.41) is 0. The van der Waals surface area contributed by atoms with Crippen molar-refractivity contribution in [2.24, 2.45) is 17.8 Å². The summed E-state index contributed by atoms with van der Waals surface area (Å²) in [5.74, 6) is 1.67. The van der Waals surface area contributed by atoms with Gasteiger partial charge in [-0.05, 0) is 37.0 Å². The molecule has 0 saturated carbocycles. The van der Waals surface area contributed by atoms with Gasteiger partial charge in [-0.3, -0.25) is 14.4 Å². The van der Waals surface area contributed by atoms with Gasteiger partial charge in [0, 0.05) is 19.3 Å². The van der Waals surface area contributed by atoms with Gasteiger partial charge in [-0.25, -0.2) is 0 Å². The van der Waals surface area contributed by atoms with Crippen LogP contribution in [-0.2, 0) is 28.6 Å².